The molecule has 2 aliphatic rings. The Morgan fingerprint density at radius 2 is 1.76 bits per heavy atom. The standard InChI is InChI=1S/C17H24FNO2/c1-4-19-17(12-6-10-5-11(10)7-12)13-8-15(20-2)16(21-3)9-14(13)18/h8-12,17,19H,4-7H2,1-3H3. The van der Waals surface area contributed by atoms with E-state index >= 15 is 0 Å². The van der Waals surface area contributed by atoms with E-state index in [9.17, 15) is 4.39 Å². The van der Waals surface area contributed by atoms with Crippen molar-refractivity contribution in [3.05, 3.63) is 23.5 Å². The molecule has 2 saturated carbocycles. The van der Waals surface area contributed by atoms with Gasteiger partial charge in [0.2, 0.25) is 0 Å². The highest BCUT2D eigenvalue weighted by molar-refractivity contribution is 5.45. The maximum atomic E-state index is 14.5. The third-order valence-corrected chi connectivity index (χ3v) is 5.01. The van der Waals surface area contributed by atoms with Crippen molar-refractivity contribution in [2.45, 2.75) is 32.2 Å². The molecule has 2 aliphatic carbocycles. The fraction of sp³-hybridized carbons (Fsp3) is 0.647. The van der Waals surface area contributed by atoms with Crippen molar-refractivity contribution in [2.24, 2.45) is 17.8 Å². The Bertz CT molecular complexity index is 510. The molecule has 3 unspecified atom stereocenters. The Labute approximate surface area is 125 Å². The van der Waals surface area contributed by atoms with Crippen LogP contribution < -0.4 is 14.8 Å². The van der Waals surface area contributed by atoms with E-state index in [4.69, 9.17) is 9.47 Å². The summed E-state index contributed by atoms with van der Waals surface area (Å²) in [6.45, 7) is 2.91. The number of halogens is 1. The van der Waals surface area contributed by atoms with Gasteiger partial charge in [0.1, 0.15) is 5.82 Å². The predicted octanol–water partition coefficient (Wildman–Crippen LogP) is 3.54. The first kappa shape index (κ1) is 14.6. The number of hydrogen-bond acceptors (Lipinski definition) is 3. The average molecular weight is 293 g/mol. The molecular weight excluding hydrogens is 269 g/mol. The van der Waals surface area contributed by atoms with Gasteiger partial charge < -0.3 is 14.8 Å². The van der Waals surface area contributed by atoms with Crippen molar-refractivity contribution in [3.8, 4) is 11.5 Å². The molecule has 3 rings (SSSR count). The molecule has 1 N–H and O–H groups in total. The largest absolute Gasteiger partial charge is 0.493 e. The maximum absolute atomic E-state index is 14.5. The van der Waals surface area contributed by atoms with Crippen LogP contribution in [0, 0.1) is 23.6 Å². The monoisotopic (exact) mass is 293 g/mol. The van der Waals surface area contributed by atoms with Crippen LogP contribution in [0.4, 0.5) is 4.39 Å². The van der Waals surface area contributed by atoms with E-state index in [1.165, 1.54) is 32.4 Å². The average Bonchev–Trinajstić information content (AvgIpc) is 3.11. The summed E-state index contributed by atoms with van der Waals surface area (Å²) in [4.78, 5) is 0. The fourth-order valence-electron chi connectivity index (χ4n) is 3.89. The first-order valence-corrected chi connectivity index (χ1v) is 7.82. The van der Waals surface area contributed by atoms with Crippen LogP contribution in [0.15, 0.2) is 12.1 Å². The lowest BCUT2D eigenvalue weighted by Gasteiger charge is -2.27. The van der Waals surface area contributed by atoms with Gasteiger partial charge in [0.15, 0.2) is 11.5 Å². The second-order valence-electron chi connectivity index (χ2n) is 6.25. The van der Waals surface area contributed by atoms with E-state index in [0.717, 1.165) is 18.4 Å². The molecule has 0 heterocycles. The lowest BCUT2D eigenvalue weighted by Crippen LogP contribution is -2.28. The molecule has 3 nitrogen and oxygen atoms in total. The first-order chi connectivity index (χ1) is 10.2. The summed E-state index contributed by atoms with van der Waals surface area (Å²) >= 11 is 0. The molecule has 0 aliphatic heterocycles. The minimum absolute atomic E-state index is 0.0719. The van der Waals surface area contributed by atoms with E-state index in [-0.39, 0.29) is 11.9 Å². The molecule has 21 heavy (non-hydrogen) atoms. The molecule has 0 spiro atoms. The van der Waals surface area contributed by atoms with Crippen LogP contribution in [-0.4, -0.2) is 20.8 Å². The van der Waals surface area contributed by atoms with Gasteiger partial charge in [-0.2, -0.15) is 0 Å². The van der Waals surface area contributed by atoms with E-state index in [0.29, 0.717) is 23.0 Å². The fourth-order valence-corrected chi connectivity index (χ4v) is 3.89. The number of rotatable bonds is 6. The van der Waals surface area contributed by atoms with Crippen molar-refractivity contribution in [1.29, 1.82) is 0 Å². The molecule has 4 heteroatoms. The SMILES string of the molecule is CCNC(c1cc(OC)c(OC)cc1F)C1CC2CC2C1. The number of ether oxygens (including phenoxy) is 2. The minimum atomic E-state index is -0.209. The molecule has 0 bridgehead atoms. The zero-order valence-electron chi connectivity index (χ0n) is 13.0. The third-order valence-electron chi connectivity index (χ3n) is 5.01. The highest BCUT2D eigenvalue weighted by Gasteiger charge is 2.48. The van der Waals surface area contributed by atoms with Gasteiger partial charge in [0, 0.05) is 17.7 Å². The summed E-state index contributed by atoms with van der Waals surface area (Å²) in [5, 5.41) is 3.48. The van der Waals surface area contributed by atoms with Crippen molar-refractivity contribution in [3.63, 3.8) is 0 Å². The van der Waals surface area contributed by atoms with E-state index in [1.807, 2.05) is 0 Å². The van der Waals surface area contributed by atoms with Gasteiger partial charge in [0.05, 0.1) is 14.2 Å². The molecule has 116 valence electrons. The molecule has 1 aromatic carbocycles. The van der Waals surface area contributed by atoms with Crippen molar-refractivity contribution in [2.75, 3.05) is 20.8 Å². The lowest BCUT2D eigenvalue weighted by atomic mass is 9.88. The quantitative estimate of drug-likeness (QED) is 0.870. The lowest BCUT2D eigenvalue weighted by molar-refractivity contribution is 0.327. The number of fused-ring (bicyclic) bond motifs is 1. The zero-order valence-corrected chi connectivity index (χ0v) is 13.0. The number of benzene rings is 1. The van der Waals surface area contributed by atoms with Gasteiger partial charge in [-0.3, -0.25) is 0 Å². The van der Waals surface area contributed by atoms with Gasteiger partial charge in [-0.1, -0.05) is 6.92 Å². The molecule has 0 saturated heterocycles. The van der Waals surface area contributed by atoms with Crippen LogP contribution in [0.3, 0.4) is 0 Å². The van der Waals surface area contributed by atoms with Gasteiger partial charge in [-0.15, -0.1) is 0 Å². The minimum Gasteiger partial charge on any atom is -0.493 e. The third kappa shape index (κ3) is 2.73. The van der Waals surface area contributed by atoms with Crippen LogP contribution in [0.2, 0.25) is 0 Å². The van der Waals surface area contributed by atoms with E-state index in [2.05, 4.69) is 12.2 Å². The Balaban J connectivity index is 1.90. The number of methoxy groups -OCH3 is 2. The van der Waals surface area contributed by atoms with Crippen LogP contribution in [0.5, 0.6) is 11.5 Å². The molecule has 2 fully saturated rings. The summed E-state index contributed by atoms with van der Waals surface area (Å²) < 4.78 is 25.0. The second kappa shape index (κ2) is 5.84. The van der Waals surface area contributed by atoms with Crippen LogP contribution in [0.1, 0.15) is 37.8 Å². The molecule has 0 amide bonds. The molecule has 3 atom stereocenters. The van der Waals surface area contributed by atoms with Crippen LogP contribution >= 0.6 is 0 Å². The first-order valence-electron chi connectivity index (χ1n) is 7.82. The summed E-state index contributed by atoms with van der Waals surface area (Å²) in [6, 6.07) is 3.31. The Kier molecular flexibility index (Phi) is 4.07. The normalized spacial score (nSPS) is 28.1. The maximum Gasteiger partial charge on any atom is 0.163 e. The summed E-state index contributed by atoms with van der Waals surface area (Å²) in [5.41, 5.74) is 0.709. The van der Waals surface area contributed by atoms with Gasteiger partial charge in [0.25, 0.3) is 0 Å². The Morgan fingerprint density at radius 1 is 1.14 bits per heavy atom. The van der Waals surface area contributed by atoms with E-state index < -0.39 is 0 Å². The second-order valence-corrected chi connectivity index (χ2v) is 6.25. The van der Waals surface area contributed by atoms with Crippen molar-refractivity contribution >= 4 is 0 Å². The predicted molar refractivity (Wildman–Crippen MR) is 80.2 cm³/mol. The van der Waals surface area contributed by atoms with Crippen LogP contribution in [-0.2, 0) is 0 Å². The Hall–Kier alpha value is -1.29. The molecular formula is C17H24FNO2. The smallest absolute Gasteiger partial charge is 0.163 e. The van der Waals surface area contributed by atoms with Gasteiger partial charge in [-0.25, -0.2) is 4.39 Å². The number of nitrogens with one attached hydrogen (secondary N) is 1. The summed E-state index contributed by atoms with van der Waals surface area (Å²) in [6.07, 6.45) is 3.82. The van der Waals surface area contributed by atoms with Crippen molar-refractivity contribution in [1.82, 2.24) is 5.32 Å². The Morgan fingerprint density at radius 3 is 2.33 bits per heavy atom. The molecule has 0 aromatic heterocycles. The van der Waals surface area contributed by atoms with E-state index in [1.54, 1.807) is 13.2 Å². The molecule has 0 radical (unpaired) electrons. The van der Waals surface area contributed by atoms with Crippen molar-refractivity contribution < 1.29 is 13.9 Å². The molecule has 1 aromatic rings. The van der Waals surface area contributed by atoms with Crippen LogP contribution in [0.25, 0.3) is 0 Å². The summed E-state index contributed by atoms with van der Waals surface area (Å²) in [7, 11) is 3.12. The highest BCUT2D eigenvalue weighted by atomic mass is 19.1. The highest BCUT2D eigenvalue weighted by Crippen LogP contribution is 2.57. The summed E-state index contributed by atoms with van der Waals surface area (Å²) in [5.74, 6) is 3.14. The topological polar surface area (TPSA) is 30.5 Å². The number of hydrogen-bond donors (Lipinski definition) is 1. The zero-order chi connectivity index (χ0) is 15.0. The van der Waals surface area contributed by atoms with Gasteiger partial charge in [-0.05, 0) is 49.6 Å². The van der Waals surface area contributed by atoms with Gasteiger partial charge >= 0.3 is 0 Å².